The molecule has 200 valence electrons. The van der Waals surface area contributed by atoms with Gasteiger partial charge < -0.3 is 5.32 Å². The van der Waals surface area contributed by atoms with Gasteiger partial charge in [0.2, 0.25) is 0 Å². The quantitative estimate of drug-likeness (QED) is 0.151. The first kappa shape index (κ1) is 28.0. The molecule has 39 heavy (non-hydrogen) atoms. The molecule has 0 aliphatic rings. The number of nitrogens with zero attached hydrogens (tertiary/aromatic N) is 1. The monoisotopic (exact) mass is 554 g/mol. The van der Waals surface area contributed by atoms with Crippen LogP contribution in [0.15, 0.2) is 108 Å². The molecule has 0 radical (unpaired) electrons. The normalized spacial score (nSPS) is 13.5. The lowest BCUT2D eigenvalue weighted by atomic mass is 9.78. The summed E-state index contributed by atoms with van der Waals surface area (Å²) in [5.41, 5.74) is -1.62. The summed E-state index contributed by atoms with van der Waals surface area (Å²) in [4.78, 5) is 17.8. The fourth-order valence-corrected chi connectivity index (χ4v) is 4.65. The summed E-state index contributed by atoms with van der Waals surface area (Å²) >= 11 is 1.06. The summed E-state index contributed by atoms with van der Waals surface area (Å²) in [5.74, 6) is -2.14. The van der Waals surface area contributed by atoms with Crippen molar-refractivity contribution >= 4 is 22.8 Å². The maximum absolute atomic E-state index is 14.8. The maximum atomic E-state index is 14.8. The molecule has 0 aliphatic heterocycles. The highest BCUT2D eigenvalue weighted by molar-refractivity contribution is 8.13. The fraction of sp³-hybridized carbons (Fsp3) is 0.133. The SMILES string of the molecule is CSC(=NC(Cc1ccccc1)(c1ccc(F)cc1)c1cc(F)cc(C(F)(F)F)c1)NC(=O)c1ccccc1. The van der Waals surface area contributed by atoms with Gasteiger partial charge in [-0.05, 0) is 65.4 Å². The number of alkyl halides is 3. The Morgan fingerprint density at radius 3 is 1.95 bits per heavy atom. The van der Waals surface area contributed by atoms with E-state index in [-0.39, 0.29) is 17.2 Å². The predicted octanol–water partition coefficient (Wildman–Crippen LogP) is 7.62. The predicted molar refractivity (Wildman–Crippen MR) is 144 cm³/mol. The van der Waals surface area contributed by atoms with E-state index in [4.69, 9.17) is 4.99 Å². The van der Waals surface area contributed by atoms with Crippen molar-refractivity contribution in [1.82, 2.24) is 5.32 Å². The number of carbonyl (C=O) groups excluding carboxylic acids is 1. The first-order valence-corrected chi connectivity index (χ1v) is 13.0. The lowest BCUT2D eigenvalue weighted by Gasteiger charge is -2.33. The second-order valence-electron chi connectivity index (χ2n) is 8.70. The van der Waals surface area contributed by atoms with Crippen LogP contribution in [0.2, 0.25) is 0 Å². The van der Waals surface area contributed by atoms with E-state index >= 15 is 0 Å². The molecule has 3 nitrogen and oxygen atoms in total. The summed E-state index contributed by atoms with van der Waals surface area (Å²) in [6.45, 7) is 0. The van der Waals surface area contributed by atoms with Gasteiger partial charge in [0, 0.05) is 12.0 Å². The third-order valence-electron chi connectivity index (χ3n) is 6.07. The van der Waals surface area contributed by atoms with E-state index in [9.17, 15) is 26.7 Å². The lowest BCUT2D eigenvalue weighted by Crippen LogP contribution is -2.35. The molecule has 0 saturated heterocycles. The summed E-state index contributed by atoms with van der Waals surface area (Å²) in [6, 6.07) is 24.5. The van der Waals surface area contributed by atoms with Crippen molar-refractivity contribution in [3.05, 3.63) is 143 Å². The molecule has 1 N–H and O–H groups in total. The molecule has 1 atom stereocenters. The van der Waals surface area contributed by atoms with Crippen molar-refractivity contribution in [1.29, 1.82) is 0 Å². The molecule has 4 aromatic rings. The Bertz CT molecular complexity index is 1460. The Morgan fingerprint density at radius 1 is 0.769 bits per heavy atom. The van der Waals surface area contributed by atoms with E-state index in [1.54, 1.807) is 66.9 Å². The molecule has 4 rings (SSSR count). The van der Waals surface area contributed by atoms with Gasteiger partial charge in [-0.15, -0.1) is 0 Å². The fourth-order valence-electron chi connectivity index (χ4n) is 4.21. The van der Waals surface area contributed by atoms with Crippen molar-refractivity contribution in [3.8, 4) is 0 Å². The number of benzene rings is 4. The van der Waals surface area contributed by atoms with Crippen molar-refractivity contribution in [2.75, 3.05) is 6.26 Å². The number of nitrogens with one attached hydrogen (secondary N) is 1. The molecule has 0 aromatic heterocycles. The minimum atomic E-state index is -4.83. The molecule has 1 unspecified atom stereocenters. The molecule has 1 amide bonds. The van der Waals surface area contributed by atoms with Crippen LogP contribution in [0.1, 0.15) is 32.6 Å². The number of halogens is 5. The molecule has 0 bridgehead atoms. The van der Waals surface area contributed by atoms with Crippen molar-refractivity contribution in [2.45, 2.75) is 18.1 Å². The summed E-state index contributed by atoms with van der Waals surface area (Å²) in [5, 5.41) is 2.80. The third kappa shape index (κ3) is 6.72. The number of hydrogen-bond donors (Lipinski definition) is 1. The van der Waals surface area contributed by atoms with Crippen LogP contribution in [0.25, 0.3) is 0 Å². The Hall–Kier alpha value is -3.98. The molecular weight excluding hydrogens is 531 g/mol. The van der Waals surface area contributed by atoms with Crippen molar-refractivity contribution in [3.63, 3.8) is 0 Å². The zero-order valence-corrected chi connectivity index (χ0v) is 21.5. The van der Waals surface area contributed by atoms with Crippen LogP contribution in [-0.4, -0.2) is 17.3 Å². The zero-order valence-electron chi connectivity index (χ0n) is 20.7. The number of rotatable bonds is 6. The highest BCUT2D eigenvalue weighted by Crippen LogP contribution is 2.41. The highest BCUT2D eigenvalue weighted by atomic mass is 32.2. The summed E-state index contributed by atoms with van der Waals surface area (Å²) < 4.78 is 70.1. The minimum absolute atomic E-state index is 0.00844. The van der Waals surface area contributed by atoms with Gasteiger partial charge in [0.1, 0.15) is 17.2 Å². The Kier molecular flexibility index (Phi) is 8.50. The number of thioether (sulfide) groups is 1. The second kappa shape index (κ2) is 11.8. The molecule has 9 heteroatoms. The molecule has 4 aromatic carbocycles. The van der Waals surface area contributed by atoms with Crippen LogP contribution in [0, 0.1) is 11.6 Å². The molecule has 0 saturated carbocycles. The molecule has 0 spiro atoms. The van der Waals surface area contributed by atoms with E-state index in [2.05, 4.69) is 5.32 Å². The first-order chi connectivity index (χ1) is 18.6. The average molecular weight is 555 g/mol. The second-order valence-corrected chi connectivity index (χ2v) is 9.49. The van der Waals surface area contributed by atoms with Crippen LogP contribution in [0.5, 0.6) is 0 Å². The summed E-state index contributed by atoms with van der Waals surface area (Å²) in [7, 11) is 0. The van der Waals surface area contributed by atoms with Gasteiger partial charge in [0.25, 0.3) is 5.91 Å². The van der Waals surface area contributed by atoms with Gasteiger partial charge in [0.15, 0.2) is 5.17 Å². The Morgan fingerprint density at radius 2 is 1.36 bits per heavy atom. The molecule has 0 fully saturated rings. The number of amides is 1. The highest BCUT2D eigenvalue weighted by Gasteiger charge is 2.39. The van der Waals surface area contributed by atoms with Crippen molar-refractivity contribution in [2.24, 2.45) is 4.99 Å². The van der Waals surface area contributed by atoms with E-state index in [1.807, 2.05) is 0 Å². The Labute approximate surface area is 226 Å². The third-order valence-corrected chi connectivity index (χ3v) is 6.65. The number of carbonyl (C=O) groups is 1. The van der Waals surface area contributed by atoms with Gasteiger partial charge in [-0.2, -0.15) is 13.2 Å². The van der Waals surface area contributed by atoms with Gasteiger partial charge in [-0.1, -0.05) is 72.4 Å². The first-order valence-electron chi connectivity index (χ1n) is 11.8. The van der Waals surface area contributed by atoms with Crippen molar-refractivity contribution < 1.29 is 26.7 Å². The number of amidine groups is 1. The largest absolute Gasteiger partial charge is 0.416 e. The smallest absolute Gasteiger partial charge is 0.301 e. The lowest BCUT2D eigenvalue weighted by molar-refractivity contribution is -0.137. The van der Waals surface area contributed by atoms with Crippen LogP contribution >= 0.6 is 11.8 Å². The molecule has 0 heterocycles. The summed E-state index contributed by atoms with van der Waals surface area (Å²) in [6.07, 6.45) is -3.19. The van der Waals surface area contributed by atoms with Crippen LogP contribution in [-0.2, 0) is 18.1 Å². The van der Waals surface area contributed by atoms with Gasteiger partial charge in [0.05, 0.1) is 5.56 Å². The van der Waals surface area contributed by atoms with E-state index in [1.165, 1.54) is 12.1 Å². The topological polar surface area (TPSA) is 41.5 Å². The van der Waals surface area contributed by atoms with Crippen LogP contribution in [0.3, 0.4) is 0 Å². The van der Waals surface area contributed by atoms with Crippen LogP contribution < -0.4 is 5.32 Å². The molecule has 0 aliphatic carbocycles. The number of hydrogen-bond acceptors (Lipinski definition) is 3. The molecular formula is C30H23F5N2OS. The average Bonchev–Trinajstić information content (AvgIpc) is 2.92. The van der Waals surface area contributed by atoms with Gasteiger partial charge in [-0.25, -0.2) is 13.8 Å². The number of aliphatic imine (C=N–C) groups is 1. The van der Waals surface area contributed by atoms with E-state index in [0.29, 0.717) is 22.8 Å². The van der Waals surface area contributed by atoms with Crippen LogP contribution in [0.4, 0.5) is 22.0 Å². The standard InChI is InChI=1S/C30H23F5N2OS/c1-39-28(36-27(38)21-10-6-3-7-11-21)37-29(19-20-8-4-2-5-9-20,22-12-14-25(31)15-13-22)23-16-24(30(33,34)35)18-26(32)17-23/h2-18H,19H2,1H3,(H,36,37,38). The van der Waals surface area contributed by atoms with Gasteiger partial charge >= 0.3 is 6.18 Å². The maximum Gasteiger partial charge on any atom is 0.416 e. The van der Waals surface area contributed by atoms with E-state index < -0.39 is 34.8 Å². The van der Waals surface area contributed by atoms with E-state index in [0.717, 1.165) is 36.0 Å². The van der Waals surface area contributed by atoms with Gasteiger partial charge in [-0.3, -0.25) is 4.79 Å². The Balaban J connectivity index is 1.98. The zero-order chi connectivity index (χ0) is 28.0. The minimum Gasteiger partial charge on any atom is -0.301 e.